The maximum atomic E-state index is 11.8. The number of nitrogens with one attached hydrogen (secondary N) is 1. The lowest BCUT2D eigenvalue weighted by Gasteiger charge is -2.13. The van der Waals surface area contributed by atoms with Gasteiger partial charge in [0.05, 0.1) is 19.1 Å². The Labute approximate surface area is 124 Å². The Morgan fingerprint density at radius 1 is 1.29 bits per heavy atom. The molecule has 1 amide bonds. The lowest BCUT2D eigenvalue weighted by atomic mass is 10.0. The number of aromatic nitrogens is 2. The Bertz CT molecular complexity index is 578. The molecule has 1 atom stereocenters. The van der Waals surface area contributed by atoms with Crippen molar-refractivity contribution in [2.75, 3.05) is 5.32 Å². The lowest BCUT2D eigenvalue weighted by Crippen LogP contribution is -2.23. The van der Waals surface area contributed by atoms with Gasteiger partial charge in [0.15, 0.2) is 5.82 Å². The number of rotatable bonds is 6. The summed E-state index contributed by atoms with van der Waals surface area (Å²) in [6.45, 7) is 4.42. The molecule has 0 spiro atoms. The first-order valence-corrected chi connectivity index (χ1v) is 7.10. The summed E-state index contributed by atoms with van der Waals surface area (Å²) in [5.41, 5.74) is 1.15. The van der Waals surface area contributed by atoms with Gasteiger partial charge in [-0.3, -0.25) is 9.48 Å². The highest BCUT2D eigenvalue weighted by Crippen LogP contribution is 2.09. The number of aliphatic hydroxyl groups excluding tert-OH is 1. The van der Waals surface area contributed by atoms with E-state index in [1.54, 1.807) is 10.7 Å². The van der Waals surface area contributed by atoms with Crippen molar-refractivity contribution < 1.29 is 9.90 Å². The SMILES string of the molecule is CC(C)C(O)CC(=O)Nc1ccn(Cc2ccccc2)n1. The van der Waals surface area contributed by atoms with E-state index in [1.165, 1.54) is 0 Å². The molecule has 0 radical (unpaired) electrons. The minimum absolute atomic E-state index is 0.0615. The molecule has 0 fully saturated rings. The van der Waals surface area contributed by atoms with E-state index in [2.05, 4.69) is 10.4 Å². The highest BCUT2D eigenvalue weighted by Gasteiger charge is 2.15. The van der Waals surface area contributed by atoms with Crippen LogP contribution in [0.15, 0.2) is 42.6 Å². The molecule has 1 aromatic carbocycles. The van der Waals surface area contributed by atoms with Crippen LogP contribution in [0.2, 0.25) is 0 Å². The largest absolute Gasteiger partial charge is 0.392 e. The number of anilines is 1. The van der Waals surface area contributed by atoms with Gasteiger partial charge in [-0.1, -0.05) is 44.2 Å². The van der Waals surface area contributed by atoms with Crippen LogP contribution in [0.1, 0.15) is 25.8 Å². The van der Waals surface area contributed by atoms with E-state index >= 15 is 0 Å². The van der Waals surface area contributed by atoms with E-state index in [0.29, 0.717) is 12.4 Å². The zero-order valence-corrected chi connectivity index (χ0v) is 12.4. The first-order chi connectivity index (χ1) is 10.0. The molecule has 21 heavy (non-hydrogen) atoms. The summed E-state index contributed by atoms with van der Waals surface area (Å²) in [6, 6.07) is 11.7. The van der Waals surface area contributed by atoms with Crippen LogP contribution in [0.4, 0.5) is 5.82 Å². The molecular formula is C16H21N3O2. The number of hydrogen-bond donors (Lipinski definition) is 2. The predicted octanol–water partition coefficient (Wildman–Crippen LogP) is 2.28. The van der Waals surface area contributed by atoms with Gasteiger partial charge in [0.2, 0.25) is 5.91 Å². The maximum Gasteiger partial charge on any atom is 0.228 e. The number of amides is 1. The van der Waals surface area contributed by atoms with Gasteiger partial charge < -0.3 is 10.4 Å². The molecule has 112 valence electrons. The van der Waals surface area contributed by atoms with E-state index in [1.807, 2.05) is 50.4 Å². The van der Waals surface area contributed by atoms with Gasteiger partial charge in [0.1, 0.15) is 0 Å². The molecule has 2 rings (SSSR count). The predicted molar refractivity (Wildman–Crippen MR) is 81.9 cm³/mol. The van der Waals surface area contributed by atoms with Crippen LogP contribution in [-0.2, 0) is 11.3 Å². The Balaban J connectivity index is 1.90. The molecule has 0 saturated heterocycles. The number of hydrogen-bond acceptors (Lipinski definition) is 3. The van der Waals surface area contributed by atoms with Crippen molar-refractivity contribution >= 4 is 11.7 Å². The fourth-order valence-electron chi connectivity index (χ4n) is 1.91. The van der Waals surface area contributed by atoms with Crippen LogP contribution in [0, 0.1) is 5.92 Å². The molecule has 2 aromatic rings. The molecule has 1 heterocycles. The molecular weight excluding hydrogens is 266 g/mol. The van der Waals surface area contributed by atoms with Crippen molar-refractivity contribution in [3.63, 3.8) is 0 Å². The average molecular weight is 287 g/mol. The number of aliphatic hydroxyl groups is 1. The van der Waals surface area contributed by atoms with Gasteiger partial charge in [-0.25, -0.2) is 0 Å². The second kappa shape index (κ2) is 7.04. The smallest absolute Gasteiger partial charge is 0.228 e. The molecule has 0 bridgehead atoms. The summed E-state index contributed by atoms with van der Waals surface area (Å²) in [5.74, 6) is 0.347. The average Bonchev–Trinajstić information content (AvgIpc) is 2.86. The zero-order chi connectivity index (χ0) is 15.2. The van der Waals surface area contributed by atoms with Crippen molar-refractivity contribution in [1.29, 1.82) is 0 Å². The van der Waals surface area contributed by atoms with Crippen LogP contribution >= 0.6 is 0 Å². The summed E-state index contributed by atoms with van der Waals surface area (Å²) < 4.78 is 1.77. The first-order valence-electron chi connectivity index (χ1n) is 7.10. The number of carbonyl (C=O) groups excluding carboxylic acids is 1. The Morgan fingerprint density at radius 2 is 2.00 bits per heavy atom. The van der Waals surface area contributed by atoms with Crippen molar-refractivity contribution in [3.8, 4) is 0 Å². The molecule has 1 aromatic heterocycles. The molecule has 0 aliphatic rings. The van der Waals surface area contributed by atoms with Crippen LogP contribution in [0.3, 0.4) is 0 Å². The van der Waals surface area contributed by atoms with Gasteiger partial charge in [-0.2, -0.15) is 5.10 Å². The van der Waals surface area contributed by atoms with E-state index in [4.69, 9.17) is 0 Å². The third kappa shape index (κ3) is 4.72. The first kappa shape index (κ1) is 15.3. The molecule has 5 nitrogen and oxygen atoms in total. The monoisotopic (exact) mass is 287 g/mol. The second-order valence-corrected chi connectivity index (χ2v) is 5.45. The van der Waals surface area contributed by atoms with Crippen LogP contribution in [-0.4, -0.2) is 26.9 Å². The summed E-state index contributed by atoms with van der Waals surface area (Å²) in [6.07, 6.45) is 1.28. The van der Waals surface area contributed by atoms with Crippen LogP contribution in [0.5, 0.6) is 0 Å². The zero-order valence-electron chi connectivity index (χ0n) is 12.4. The quantitative estimate of drug-likeness (QED) is 0.856. The summed E-state index contributed by atoms with van der Waals surface area (Å²) >= 11 is 0. The Hall–Kier alpha value is -2.14. The minimum atomic E-state index is -0.628. The fourth-order valence-corrected chi connectivity index (χ4v) is 1.91. The lowest BCUT2D eigenvalue weighted by molar-refractivity contribution is -0.118. The van der Waals surface area contributed by atoms with E-state index in [-0.39, 0.29) is 18.2 Å². The molecule has 0 saturated carbocycles. The third-order valence-corrected chi connectivity index (χ3v) is 3.26. The van der Waals surface area contributed by atoms with Gasteiger partial charge >= 0.3 is 0 Å². The molecule has 1 unspecified atom stereocenters. The third-order valence-electron chi connectivity index (χ3n) is 3.26. The van der Waals surface area contributed by atoms with Crippen molar-refractivity contribution in [2.45, 2.75) is 32.9 Å². The van der Waals surface area contributed by atoms with Gasteiger partial charge in [0, 0.05) is 12.3 Å². The summed E-state index contributed by atoms with van der Waals surface area (Å²) in [7, 11) is 0. The van der Waals surface area contributed by atoms with Crippen molar-refractivity contribution in [1.82, 2.24) is 9.78 Å². The highest BCUT2D eigenvalue weighted by molar-refractivity contribution is 5.89. The summed E-state index contributed by atoms with van der Waals surface area (Å²) in [4.78, 5) is 11.8. The van der Waals surface area contributed by atoms with Gasteiger partial charge in [0.25, 0.3) is 0 Å². The van der Waals surface area contributed by atoms with Crippen molar-refractivity contribution in [3.05, 3.63) is 48.2 Å². The maximum absolute atomic E-state index is 11.8. The van der Waals surface area contributed by atoms with Gasteiger partial charge in [-0.15, -0.1) is 0 Å². The number of benzene rings is 1. The molecule has 5 heteroatoms. The fraction of sp³-hybridized carbons (Fsp3) is 0.375. The van der Waals surface area contributed by atoms with Gasteiger partial charge in [-0.05, 0) is 11.5 Å². The minimum Gasteiger partial charge on any atom is -0.392 e. The molecule has 2 N–H and O–H groups in total. The number of carbonyl (C=O) groups is 1. The standard InChI is InChI=1S/C16H21N3O2/c1-12(2)14(20)10-16(21)17-15-8-9-19(18-15)11-13-6-4-3-5-7-13/h3-9,12,14,20H,10-11H2,1-2H3,(H,17,18,21). The van der Waals surface area contributed by atoms with Crippen LogP contribution < -0.4 is 5.32 Å². The molecule has 0 aliphatic heterocycles. The second-order valence-electron chi connectivity index (χ2n) is 5.45. The molecule has 0 aliphatic carbocycles. The van der Waals surface area contributed by atoms with E-state index in [0.717, 1.165) is 5.56 Å². The Morgan fingerprint density at radius 3 is 2.67 bits per heavy atom. The highest BCUT2D eigenvalue weighted by atomic mass is 16.3. The normalized spacial score (nSPS) is 12.4. The topological polar surface area (TPSA) is 67.2 Å². The van der Waals surface area contributed by atoms with E-state index in [9.17, 15) is 9.90 Å². The summed E-state index contributed by atoms with van der Waals surface area (Å²) in [5, 5.41) is 16.7. The number of nitrogens with zero attached hydrogens (tertiary/aromatic N) is 2. The Kier molecular flexibility index (Phi) is 5.11. The van der Waals surface area contributed by atoms with Crippen molar-refractivity contribution in [2.24, 2.45) is 5.92 Å². The van der Waals surface area contributed by atoms with E-state index < -0.39 is 6.10 Å². The van der Waals surface area contributed by atoms with Crippen LogP contribution in [0.25, 0.3) is 0 Å².